The van der Waals surface area contributed by atoms with Gasteiger partial charge in [0.25, 0.3) is 17.7 Å². The molecular formula is C23H21F2N3O4. The molecule has 2 heterocycles. The average molecular weight is 441 g/mol. The smallest absolute Gasteiger partial charge is 0.261 e. The van der Waals surface area contributed by atoms with Crippen LogP contribution in [-0.2, 0) is 4.79 Å². The van der Waals surface area contributed by atoms with Crippen molar-refractivity contribution in [3.8, 4) is 0 Å². The largest absolute Gasteiger partial charge is 0.349 e. The predicted molar refractivity (Wildman–Crippen MR) is 110 cm³/mol. The van der Waals surface area contributed by atoms with E-state index in [0.717, 1.165) is 17.0 Å². The van der Waals surface area contributed by atoms with E-state index in [1.165, 1.54) is 0 Å². The third-order valence-corrected chi connectivity index (χ3v) is 5.79. The summed E-state index contributed by atoms with van der Waals surface area (Å²) in [6.07, 6.45) is 0.976. The van der Waals surface area contributed by atoms with E-state index in [2.05, 4.69) is 5.32 Å². The average Bonchev–Trinajstić information content (AvgIpc) is 3.02. The van der Waals surface area contributed by atoms with Gasteiger partial charge in [0.2, 0.25) is 5.91 Å². The molecule has 0 aromatic heterocycles. The highest BCUT2D eigenvalue weighted by molar-refractivity contribution is 6.21. The van der Waals surface area contributed by atoms with Crippen molar-refractivity contribution in [1.82, 2.24) is 15.1 Å². The highest BCUT2D eigenvalue weighted by Crippen LogP contribution is 2.23. The summed E-state index contributed by atoms with van der Waals surface area (Å²) in [4.78, 5) is 52.3. The van der Waals surface area contributed by atoms with E-state index in [4.69, 9.17) is 0 Å². The number of carbonyl (C=O) groups is 4. The van der Waals surface area contributed by atoms with Gasteiger partial charge in [0.15, 0.2) is 0 Å². The van der Waals surface area contributed by atoms with Gasteiger partial charge in [-0.25, -0.2) is 8.78 Å². The van der Waals surface area contributed by atoms with E-state index in [9.17, 15) is 28.0 Å². The van der Waals surface area contributed by atoms with Crippen LogP contribution in [0.2, 0.25) is 0 Å². The summed E-state index contributed by atoms with van der Waals surface area (Å²) in [5.74, 6) is -3.29. The first-order chi connectivity index (χ1) is 15.3. The minimum Gasteiger partial charge on any atom is -0.349 e. The fourth-order valence-corrected chi connectivity index (χ4v) is 4.02. The Balaban J connectivity index is 1.26. The number of halogens is 2. The summed E-state index contributed by atoms with van der Waals surface area (Å²) in [6.45, 7) is 0.779. The molecule has 1 fully saturated rings. The number of benzene rings is 2. The number of imide groups is 1. The van der Waals surface area contributed by atoms with Crippen molar-refractivity contribution < 1.29 is 28.0 Å². The maximum Gasteiger partial charge on any atom is 0.261 e. The van der Waals surface area contributed by atoms with Crippen LogP contribution in [0, 0.1) is 11.6 Å². The Morgan fingerprint density at radius 3 is 2.19 bits per heavy atom. The Morgan fingerprint density at radius 1 is 0.969 bits per heavy atom. The zero-order chi connectivity index (χ0) is 22.8. The third kappa shape index (κ3) is 4.23. The van der Waals surface area contributed by atoms with E-state index in [0.29, 0.717) is 43.1 Å². The first kappa shape index (κ1) is 21.6. The Morgan fingerprint density at radius 2 is 1.59 bits per heavy atom. The molecule has 32 heavy (non-hydrogen) atoms. The van der Waals surface area contributed by atoms with Crippen molar-refractivity contribution in [3.05, 3.63) is 70.8 Å². The molecule has 7 nitrogen and oxygen atoms in total. The third-order valence-electron chi connectivity index (χ3n) is 5.79. The lowest BCUT2D eigenvalue weighted by Gasteiger charge is -2.32. The first-order valence-corrected chi connectivity index (χ1v) is 10.3. The molecule has 4 amide bonds. The summed E-state index contributed by atoms with van der Waals surface area (Å²) in [6, 6.07) is 9.09. The molecule has 0 radical (unpaired) electrons. The molecule has 0 spiro atoms. The van der Waals surface area contributed by atoms with Crippen molar-refractivity contribution in [2.24, 2.45) is 0 Å². The van der Waals surface area contributed by atoms with Crippen LogP contribution in [-0.4, -0.2) is 59.1 Å². The predicted octanol–water partition coefficient (Wildman–Crippen LogP) is 2.37. The second-order valence-electron chi connectivity index (χ2n) is 7.81. The molecule has 2 aliphatic rings. The molecule has 0 aliphatic carbocycles. The molecule has 0 bridgehead atoms. The number of hydrogen-bond donors (Lipinski definition) is 1. The molecule has 2 aromatic carbocycles. The van der Waals surface area contributed by atoms with Crippen LogP contribution in [0.5, 0.6) is 0 Å². The molecule has 166 valence electrons. The maximum atomic E-state index is 13.8. The van der Waals surface area contributed by atoms with Crippen LogP contribution in [0.25, 0.3) is 0 Å². The highest BCUT2D eigenvalue weighted by Gasteiger charge is 2.35. The van der Waals surface area contributed by atoms with Crippen molar-refractivity contribution in [3.63, 3.8) is 0 Å². The fraction of sp³-hybridized carbons (Fsp3) is 0.304. The lowest BCUT2D eigenvalue weighted by Crippen LogP contribution is -2.47. The maximum absolute atomic E-state index is 13.8. The molecule has 0 unspecified atom stereocenters. The van der Waals surface area contributed by atoms with Crippen LogP contribution in [0.15, 0.2) is 42.5 Å². The van der Waals surface area contributed by atoms with Crippen molar-refractivity contribution >= 4 is 23.6 Å². The van der Waals surface area contributed by atoms with Gasteiger partial charge in [0.1, 0.15) is 11.6 Å². The quantitative estimate of drug-likeness (QED) is 0.722. The molecule has 4 rings (SSSR count). The van der Waals surface area contributed by atoms with Gasteiger partial charge in [-0.1, -0.05) is 12.1 Å². The van der Waals surface area contributed by atoms with E-state index in [1.54, 1.807) is 29.2 Å². The monoisotopic (exact) mass is 441 g/mol. The number of carbonyl (C=O) groups excluding carboxylic acids is 4. The Hall–Kier alpha value is -3.62. The van der Waals surface area contributed by atoms with Crippen molar-refractivity contribution in [2.75, 3.05) is 19.6 Å². The van der Waals surface area contributed by atoms with Crippen LogP contribution >= 0.6 is 0 Å². The van der Waals surface area contributed by atoms with Gasteiger partial charge in [0.05, 0.1) is 16.7 Å². The molecule has 9 heteroatoms. The lowest BCUT2D eigenvalue weighted by molar-refractivity contribution is -0.132. The van der Waals surface area contributed by atoms with E-state index < -0.39 is 29.4 Å². The lowest BCUT2D eigenvalue weighted by atomic mass is 10.0. The summed E-state index contributed by atoms with van der Waals surface area (Å²) >= 11 is 0. The summed E-state index contributed by atoms with van der Waals surface area (Å²) < 4.78 is 26.8. The molecule has 0 saturated carbocycles. The van der Waals surface area contributed by atoms with Crippen LogP contribution in [0.4, 0.5) is 8.78 Å². The molecule has 1 saturated heterocycles. The van der Waals surface area contributed by atoms with Gasteiger partial charge < -0.3 is 10.2 Å². The Labute approximate surface area is 183 Å². The first-order valence-electron chi connectivity index (χ1n) is 10.3. The van der Waals surface area contributed by atoms with Crippen LogP contribution in [0.1, 0.15) is 50.3 Å². The summed E-state index contributed by atoms with van der Waals surface area (Å²) in [5.41, 5.74) is 0.462. The Bertz CT molecular complexity index is 1060. The van der Waals surface area contributed by atoms with Gasteiger partial charge in [0, 0.05) is 38.2 Å². The number of nitrogens with zero attached hydrogens (tertiary/aromatic N) is 2. The van der Waals surface area contributed by atoms with Gasteiger partial charge in [-0.2, -0.15) is 0 Å². The number of hydrogen-bond acceptors (Lipinski definition) is 4. The minimum atomic E-state index is -0.928. The highest BCUT2D eigenvalue weighted by atomic mass is 19.1. The van der Waals surface area contributed by atoms with Crippen molar-refractivity contribution in [1.29, 1.82) is 0 Å². The Kier molecular flexibility index (Phi) is 5.98. The summed E-state index contributed by atoms with van der Waals surface area (Å²) in [5, 5.41) is 2.72. The van der Waals surface area contributed by atoms with Crippen LogP contribution < -0.4 is 5.32 Å². The number of nitrogens with one attached hydrogen (secondary N) is 1. The summed E-state index contributed by atoms with van der Waals surface area (Å²) in [7, 11) is 0. The van der Waals surface area contributed by atoms with Gasteiger partial charge >= 0.3 is 0 Å². The van der Waals surface area contributed by atoms with Gasteiger partial charge in [-0.3, -0.25) is 24.1 Å². The molecule has 1 N–H and O–H groups in total. The minimum absolute atomic E-state index is 0.00564. The standard InChI is InChI=1S/C23H21F2N3O4/c24-14-5-6-18(19(25)13-14)21(30)26-15-7-10-27(11-8-15)20(29)9-12-28-22(31)16-3-1-2-4-17(16)23(28)32/h1-6,13,15H,7-12H2,(H,26,30). The van der Waals surface area contributed by atoms with E-state index in [-0.39, 0.29) is 30.5 Å². The number of likely N-dealkylation sites (tertiary alicyclic amines) is 1. The fourth-order valence-electron chi connectivity index (χ4n) is 4.02. The van der Waals surface area contributed by atoms with Gasteiger partial charge in [-0.05, 0) is 37.1 Å². The molecule has 2 aromatic rings. The van der Waals surface area contributed by atoms with E-state index in [1.807, 2.05) is 0 Å². The topological polar surface area (TPSA) is 86.8 Å². The zero-order valence-corrected chi connectivity index (χ0v) is 17.1. The SMILES string of the molecule is O=C(NC1CCN(C(=O)CCN2C(=O)c3ccccc3C2=O)CC1)c1ccc(F)cc1F. The molecule has 0 atom stereocenters. The van der Waals surface area contributed by atoms with Gasteiger partial charge in [-0.15, -0.1) is 0 Å². The van der Waals surface area contributed by atoms with Crippen molar-refractivity contribution in [2.45, 2.75) is 25.3 Å². The molecule has 2 aliphatic heterocycles. The second-order valence-corrected chi connectivity index (χ2v) is 7.81. The number of fused-ring (bicyclic) bond motifs is 1. The van der Waals surface area contributed by atoms with E-state index >= 15 is 0 Å². The second kappa shape index (κ2) is 8.86. The number of amides is 4. The normalized spacial score (nSPS) is 16.3. The molecular weight excluding hydrogens is 420 g/mol. The van der Waals surface area contributed by atoms with Crippen LogP contribution in [0.3, 0.4) is 0 Å². The number of rotatable bonds is 5. The number of piperidine rings is 1. The zero-order valence-electron chi connectivity index (χ0n) is 17.1.